The summed E-state index contributed by atoms with van der Waals surface area (Å²) in [4.78, 5) is 24.3. The van der Waals surface area contributed by atoms with Crippen LogP contribution in [0, 0.1) is 5.92 Å². The molecule has 0 aromatic heterocycles. The number of esters is 2. The number of allylic oxidation sites excluding steroid dienone is 1. The third-order valence-corrected chi connectivity index (χ3v) is 4.84. The summed E-state index contributed by atoms with van der Waals surface area (Å²) in [5.74, 6) is -1.37. The molecule has 25 heavy (non-hydrogen) atoms. The van der Waals surface area contributed by atoms with E-state index in [2.05, 4.69) is 6.58 Å². The maximum atomic E-state index is 12.3. The first-order chi connectivity index (χ1) is 11.7. The number of hydrogen-bond donors (Lipinski definition) is 1. The molecule has 0 spiro atoms. The van der Waals surface area contributed by atoms with Gasteiger partial charge in [0.15, 0.2) is 0 Å². The van der Waals surface area contributed by atoms with Gasteiger partial charge in [-0.15, -0.1) is 0 Å². The second-order valence-electron chi connectivity index (χ2n) is 6.75. The average Bonchev–Trinajstić information content (AvgIpc) is 2.84. The second-order valence-corrected chi connectivity index (χ2v) is 6.75. The predicted octanol–water partition coefficient (Wildman–Crippen LogP) is 3.01. The van der Waals surface area contributed by atoms with Crippen LogP contribution in [0.4, 0.5) is 0 Å². The number of ether oxygens (including phenoxy) is 2. The van der Waals surface area contributed by atoms with Gasteiger partial charge < -0.3 is 14.6 Å². The van der Waals surface area contributed by atoms with Gasteiger partial charge >= 0.3 is 11.9 Å². The van der Waals surface area contributed by atoms with Crippen molar-refractivity contribution in [1.29, 1.82) is 0 Å². The van der Waals surface area contributed by atoms with Crippen LogP contribution in [0.5, 0.6) is 0 Å². The van der Waals surface area contributed by atoms with E-state index in [0.717, 1.165) is 11.1 Å². The molecule has 0 bridgehead atoms. The minimum Gasteiger partial charge on any atom is -0.458 e. The van der Waals surface area contributed by atoms with Crippen molar-refractivity contribution < 1.29 is 24.2 Å². The molecule has 0 unspecified atom stereocenters. The highest BCUT2D eigenvalue weighted by atomic mass is 16.6. The van der Waals surface area contributed by atoms with E-state index in [1.807, 2.05) is 13.0 Å². The van der Waals surface area contributed by atoms with Gasteiger partial charge in [0, 0.05) is 17.6 Å². The Labute approximate surface area is 148 Å². The molecular weight excluding hydrogens is 320 g/mol. The van der Waals surface area contributed by atoms with Crippen LogP contribution < -0.4 is 0 Å². The topological polar surface area (TPSA) is 72.8 Å². The van der Waals surface area contributed by atoms with Gasteiger partial charge in [-0.2, -0.15) is 0 Å². The minimum atomic E-state index is -0.632. The van der Waals surface area contributed by atoms with Crippen molar-refractivity contribution in [2.75, 3.05) is 0 Å². The van der Waals surface area contributed by atoms with E-state index >= 15 is 0 Å². The SMILES string of the molecule is C=C1C(=O)O[C@@H]2C=C(C)[C@@H](O)CC=C(C)C[C@@H](OC(=O)C(C)=CC)[C@H]12. The summed E-state index contributed by atoms with van der Waals surface area (Å²) in [5, 5.41) is 10.2. The van der Waals surface area contributed by atoms with Crippen LogP contribution in [-0.4, -0.2) is 35.4 Å². The predicted molar refractivity (Wildman–Crippen MR) is 94.6 cm³/mol. The number of fused-ring (bicyclic) bond motifs is 1. The zero-order valence-corrected chi connectivity index (χ0v) is 15.2. The molecule has 136 valence electrons. The van der Waals surface area contributed by atoms with Gasteiger partial charge in [-0.05, 0) is 45.8 Å². The van der Waals surface area contributed by atoms with Crippen LogP contribution in [0.25, 0.3) is 0 Å². The Bertz CT molecular complexity index is 668. The smallest absolute Gasteiger partial charge is 0.334 e. The minimum absolute atomic E-state index is 0.299. The molecule has 4 atom stereocenters. The van der Waals surface area contributed by atoms with Crippen LogP contribution >= 0.6 is 0 Å². The summed E-state index contributed by atoms with van der Waals surface area (Å²) in [6.07, 6.45) is 4.51. The lowest BCUT2D eigenvalue weighted by molar-refractivity contribution is -0.147. The van der Waals surface area contributed by atoms with Crippen LogP contribution in [0.1, 0.15) is 40.5 Å². The molecular formula is C20H26O5. The Morgan fingerprint density at radius 1 is 1.44 bits per heavy atom. The first-order valence-corrected chi connectivity index (χ1v) is 8.50. The largest absolute Gasteiger partial charge is 0.458 e. The number of hydrogen-bond acceptors (Lipinski definition) is 5. The van der Waals surface area contributed by atoms with Crippen molar-refractivity contribution in [3.05, 3.63) is 47.1 Å². The van der Waals surface area contributed by atoms with Crippen molar-refractivity contribution in [2.24, 2.45) is 5.92 Å². The van der Waals surface area contributed by atoms with Crippen LogP contribution in [0.2, 0.25) is 0 Å². The Hall–Kier alpha value is -2.14. The zero-order chi connectivity index (χ0) is 18.7. The van der Waals surface area contributed by atoms with E-state index in [0.29, 0.717) is 24.0 Å². The fraction of sp³-hybridized carbons (Fsp3) is 0.500. The number of aliphatic hydroxyl groups excluding tert-OH is 1. The number of aliphatic hydroxyl groups is 1. The Balaban J connectivity index is 2.42. The standard InChI is InChI=1S/C20H26O5/c1-6-12(3)19(22)24-16-9-11(2)7-8-15(21)13(4)10-17-18(16)14(5)20(23)25-17/h6-7,10,15-18,21H,5,8-9H2,1-4H3/t15-,16+,17+,18-/m0/s1. The molecule has 0 aromatic carbocycles. The second kappa shape index (κ2) is 7.83. The molecule has 1 aliphatic heterocycles. The Morgan fingerprint density at radius 2 is 2.12 bits per heavy atom. The third-order valence-electron chi connectivity index (χ3n) is 4.84. The molecule has 1 fully saturated rings. The lowest BCUT2D eigenvalue weighted by Crippen LogP contribution is -2.34. The highest BCUT2D eigenvalue weighted by Crippen LogP contribution is 2.36. The summed E-state index contributed by atoms with van der Waals surface area (Å²) in [6.45, 7) is 11.0. The molecule has 0 saturated carbocycles. The van der Waals surface area contributed by atoms with E-state index in [9.17, 15) is 14.7 Å². The summed E-state index contributed by atoms with van der Waals surface area (Å²) in [7, 11) is 0. The van der Waals surface area contributed by atoms with Crippen LogP contribution in [-0.2, 0) is 19.1 Å². The van der Waals surface area contributed by atoms with Gasteiger partial charge in [-0.1, -0.05) is 24.3 Å². The fourth-order valence-corrected chi connectivity index (χ4v) is 3.04. The zero-order valence-electron chi connectivity index (χ0n) is 15.2. The van der Waals surface area contributed by atoms with Gasteiger partial charge in [0.05, 0.1) is 12.0 Å². The van der Waals surface area contributed by atoms with Crippen LogP contribution in [0.3, 0.4) is 0 Å². The molecule has 2 aliphatic rings. The van der Waals surface area contributed by atoms with E-state index < -0.39 is 36.2 Å². The summed E-state index contributed by atoms with van der Waals surface area (Å²) in [6, 6.07) is 0. The third kappa shape index (κ3) is 4.28. The van der Waals surface area contributed by atoms with Crippen molar-refractivity contribution >= 4 is 11.9 Å². The summed E-state index contributed by atoms with van der Waals surface area (Å²) < 4.78 is 11.1. The lowest BCUT2D eigenvalue weighted by atomic mass is 9.85. The van der Waals surface area contributed by atoms with E-state index in [-0.39, 0.29) is 0 Å². The van der Waals surface area contributed by atoms with Gasteiger partial charge in [0.1, 0.15) is 12.2 Å². The molecule has 1 saturated heterocycles. The van der Waals surface area contributed by atoms with Crippen molar-refractivity contribution in [2.45, 2.75) is 58.8 Å². The number of carbonyl (C=O) groups excluding carboxylic acids is 2. The van der Waals surface area contributed by atoms with E-state index in [4.69, 9.17) is 9.47 Å². The quantitative estimate of drug-likeness (QED) is 0.473. The van der Waals surface area contributed by atoms with Crippen molar-refractivity contribution in [3.63, 3.8) is 0 Å². The molecule has 0 aromatic rings. The Morgan fingerprint density at radius 3 is 2.76 bits per heavy atom. The maximum absolute atomic E-state index is 12.3. The van der Waals surface area contributed by atoms with Crippen molar-refractivity contribution in [3.8, 4) is 0 Å². The highest BCUT2D eigenvalue weighted by molar-refractivity contribution is 5.92. The van der Waals surface area contributed by atoms with Gasteiger partial charge in [0.2, 0.25) is 0 Å². The highest BCUT2D eigenvalue weighted by Gasteiger charge is 2.44. The molecule has 1 aliphatic carbocycles. The molecule has 0 radical (unpaired) electrons. The van der Waals surface area contributed by atoms with Crippen molar-refractivity contribution in [1.82, 2.24) is 0 Å². The molecule has 1 N–H and O–H groups in total. The van der Waals surface area contributed by atoms with E-state index in [1.165, 1.54) is 0 Å². The maximum Gasteiger partial charge on any atom is 0.334 e. The normalized spacial score (nSPS) is 30.8. The first-order valence-electron chi connectivity index (χ1n) is 8.50. The monoisotopic (exact) mass is 346 g/mol. The lowest BCUT2D eigenvalue weighted by Gasteiger charge is -2.28. The Kier molecular flexibility index (Phi) is 6.01. The molecule has 1 heterocycles. The van der Waals surface area contributed by atoms with Crippen LogP contribution in [0.15, 0.2) is 47.1 Å². The fourth-order valence-electron chi connectivity index (χ4n) is 3.04. The van der Waals surface area contributed by atoms with Gasteiger partial charge in [-0.3, -0.25) is 0 Å². The number of rotatable bonds is 2. The summed E-state index contributed by atoms with van der Waals surface area (Å²) in [5.41, 5.74) is 2.51. The molecule has 2 rings (SSSR count). The molecule has 5 heteroatoms. The van der Waals surface area contributed by atoms with Gasteiger partial charge in [-0.25, -0.2) is 9.59 Å². The average molecular weight is 346 g/mol. The molecule has 5 nitrogen and oxygen atoms in total. The first kappa shape index (κ1) is 19.2. The number of carbonyl (C=O) groups is 2. The van der Waals surface area contributed by atoms with E-state index in [1.54, 1.807) is 32.9 Å². The summed E-state index contributed by atoms with van der Waals surface area (Å²) >= 11 is 0. The van der Waals surface area contributed by atoms with Gasteiger partial charge in [0.25, 0.3) is 0 Å². The molecule has 0 amide bonds.